The molecule has 3 rings (SSSR count). The average molecular weight is 344 g/mol. The number of urea groups is 1. The second-order valence-corrected chi connectivity index (χ2v) is 7.48. The van der Waals surface area contributed by atoms with Gasteiger partial charge < -0.3 is 16.4 Å². The van der Waals surface area contributed by atoms with Gasteiger partial charge in [0.15, 0.2) is 0 Å². The van der Waals surface area contributed by atoms with Gasteiger partial charge in [0.05, 0.1) is 6.04 Å². The third-order valence-electron chi connectivity index (χ3n) is 5.23. The molecule has 7 heteroatoms. The Morgan fingerprint density at radius 3 is 2.40 bits per heavy atom. The largest absolute Gasteiger partial charge is 0.370 e. The zero-order valence-corrected chi connectivity index (χ0v) is 14.6. The first-order valence-electron chi connectivity index (χ1n) is 8.50. The highest BCUT2D eigenvalue weighted by atomic mass is 16.2. The number of nitrogens with zero attached hydrogens (tertiary/aromatic N) is 2. The van der Waals surface area contributed by atoms with E-state index in [9.17, 15) is 14.4 Å². The van der Waals surface area contributed by atoms with Crippen LogP contribution < -0.4 is 16.4 Å². The Labute approximate surface area is 146 Å². The first kappa shape index (κ1) is 17.3. The van der Waals surface area contributed by atoms with Crippen molar-refractivity contribution in [1.29, 1.82) is 0 Å². The summed E-state index contributed by atoms with van der Waals surface area (Å²) in [6.07, 6.45) is 1.92. The van der Waals surface area contributed by atoms with Gasteiger partial charge in [0.2, 0.25) is 11.8 Å². The van der Waals surface area contributed by atoms with Crippen LogP contribution in [-0.2, 0) is 15.0 Å². The summed E-state index contributed by atoms with van der Waals surface area (Å²) in [7, 11) is 0. The molecule has 0 aromatic heterocycles. The second-order valence-electron chi connectivity index (χ2n) is 7.48. The highest BCUT2D eigenvalue weighted by molar-refractivity contribution is 6.03. The minimum absolute atomic E-state index is 0.143. The molecule has 25 heavy (non-hydrogen) atoms. The Kier molecular flexibility index (Phi) is 4.18. The zero-order valence-electron chi connectivity index (χ0n) is 14.6. The molecule has 1 unspecified atom stereocenters. The summed E-state index contributed by atoms with van der Waals surface area (Å²) >= 11 is 0. The van der Waals surface area contributed by atoms with Crippen LogP contribution in [0.15, 0.2) is 24.3 Å². The number of rotatable bonds is 5. The second kappa shape index (κ2) is 6.06. The molecule has 0 aliphatic carbocycles. The molecule has 4 N–H and O–H groups in total. The molecule has 2 saturated heterocycles. The zero-order chi connectivity index (χ0) is 18.4. The fourth-order valence-corrected chi connectivity index (χ4v) is 3.99. The predicted molar refractivity (Wildman–Crippen MR) is 93.9 cm³/mol. The number of amides is 4. The minimum atomic E-state index is -0.639. The molecule has 0 radical (unpaired) electrons. The standard InChI is InChI=1S/C18H24N4O3/c1-18(2,10-14(19)23)11-5-7-12(8-6-11)22-15(16(20)24)13-4-3-9-21(13)17(22)25/h5-8,13,15H,3-4,9-10H2,1-2H3,(H2,19,23)(H2,20,24)/t13-,15?/m1/s1. The molecular formula is C18H24N4O3. The Hall–Kier alpha value is -2.57. The number of carbonyl (C=O) groups excluding carboxylic acids is 3. The van der Waals surface area contributed by atoms with Crippen LogP contribution in [0, 0.1) is 0 Å². The maximum absolute atomic E-state index is 12.7. The Bertz CT molecular complexity index is 714. The van der Waals surface area contributed by atoms with Crippen molar-refractivity contribution in [2.75, 3.05) is 11.4 Å². The quantitative estimate of drug-likeness (QED) is 0.834. The first-order chi connectivity index (χ1) is 11.7. The van der Waals surface area contributed by atoms with Gasteiger partial charge in [0, 0.05) is 18.7 Å². The van der Waals surface area contributed by atoms with Crippen LogP contribution in [0.3, 0.4) is 0 Å². The molecule has 134 valence electrons. The van der Waals surface area contributed by atoms with E-state index in [1.807, 2.05) is 26.0 Å². The van der Waals surface area contributed by atoms with Crippen molar-refractivity contribution < 1.29 is 14.4 Å². The number of hydrogen-bond donors (Lipinski definition) is 2. The summed E-state index contributed by atoms with van der Waals surface area (Å²) in [5.41, 5.74) is 12.1. The van der Waals surface area contributed by atoms with E-state index in [0.717, 1.165) is 18.4 Å². The van der Waals surface area contributed by atoms with E-state index < -0.39 is 17.4 Å². The lowest BCUT2D eigenvalue weighted by Gasteiger charge is -2.26. The van der Waals surface area contributed by atoms with E-state index in [1.165, 1.54) is 4.90 Å². The Morgan fingerprint density at radius 2 is 1.84 bits per heavy atom. The van der Waals surface area contributed by atoms with Gasteiger partial charge >= 0.3 is 6.03 Å². The van der Waals surface area contributed by atoms with Crippen molar-refractivity contribution in [1.82, 2.24) is 4.90 Å². The average Bonchev–Trinajstić information content (AvgIpc) is 3.08. The molecule has 2 atom stereocenters. The number of hydrogen-bond acceptors (Lipinski definition) is 3. The third kappa shape index (κ3) is 2.94. The summed E-state index contributed by atoms with van der Waals surface area (Å²) in [6.45, 7) is 4.54. The lowest BCUT2D eigenvalue weighted by atomic mass is 9.81. The maximum Gasteiger partial charge on any atom is 0.325 e. The number of nitrogens with two attached hydrogens (primary N) is 2. The van der Waals surface area contributed by atoms with Gasteiger partial charge in [0.25, 0.3) is 0 Å². The molecule has 2 fully saturated rings. The fourth-order valence-electron chi connectivity index (χ4n) is 3.99. The number of carbonyl (C=O) groups is 3. The van der Waals surface area contributed by atoms with E-state index in [-0.39, 0.29) is 24.4 Å². The van der Waals surface area contributed by atoms with Crippen LogP contribution in [0.5, 0.6) is 0 Å². The van der Waals surface area contributed by atoms with Gasteiger partial charge in [-0.05, 0) is 36.0 Å². The fraction of sp³-hybridized carbons (Fsp3) is 0.500. The highest BCUT2D eigenvalue weighted by Crippen LogP contribution is 2.36. The van der Waals surface area contributed by atoms with Gasteiger partial charge in [-0.15, -0.1) is 0 Å². The summed E-state index contributed by atoms with van der Waals surface area (Å²) in [4.78, 5) is 39.2. The van der Waals surface area contributed by atoms with Crippen LogP contribution in [0.1, 0.15) is 38.7 Å². The van der Waals surface area contributed by atoms with Crippen LogP contribution in [0.4, 0.5) is 10.5 Å². The van der Waals surface area contributed by atoms with Gasteiger partial charge in [-0.3, -0.25) is 14.5 Å². The Morgan fingerprint density at radius 1 is 1.20 bits per heavy atom. The third-order valence-corrected chi connectivity index (χ3v) is 5.23. The SMILES string of the molecule is CC(C)(CC(N)=O)c1ccc(N2C(=O)N3CCC[C@@H]3C2C(N)=O)cc1. The normalized spacial score (nSPS) is 23.0. The lowest BCUT2D eigenvalue weighted by molar-refractivity contribution is -0.120. The number of fused-ring (bicyclic) bond motifs is 1. The molecule has 1 aromatic rings. The van der Waals surface area contributed by atoms with Crippen LogP contribution >= 0.6 is 0 Å². The number of anilines is 1. The van der Waals surface area contributed by atoms with E-state index in [1.54, 1.807) is 17.0 Å². The molecule has 0 spiro atoms. The number of benzene rings is 1. The molecule has 2 aliphatic rings. The smallest absolute Gasteiger partial charge is 0.325 e. The van der Waals surface area contributed by atoms with Crippen molar-refractivity contribution >= 4 is 23.5 Å². The molecule has 4 amide bonds. The minimum Gasteiger partial charge on any atom is -0.370 e. The monoisotopic (exact) mass is 344 g/mol. The van der Waals surface area contributed by atoms with Crippen molar-refractivity contribution in [2.24, 2.45) is 11.5 Å². The summed E-state index contributed by atoms with van der Waals surface area (Å²) in [6, 6.07) is 6.38. The first-order valence-corrected chi connectivity index (χ1v) is 8.50. The van der Waals surface area contributed by atoms with Gasteiger partial charge in [0.1, 0.15) is 6.04 Å². The topological polar surface area (TPSA) is 110 Å². The van der Waals surface area contributed by atoms with Crippen LogP contribution in [0.2, 0.25) is 0 Å². The molecule has 2 heterocycles. The molecule has 1 aromatic carbocycles. The molecule has 7 nitrogen and oxygen atoms in total. The van der Waals surface area contributed by atoms with E-state index in [4.69, 9.17) is 11.5 Å². The Balaban J connectivity index is 1.90. The summed E-state index contributed by atoms with van der Waals surface area (Å²) in [5.74, 6) is -0.848. The van der Waals surface area contributed by atoms with Crippen molar-refractivity contribution in [2.45, 2.75) is 50.6 Å². The van der Waals surface area contributed by atoms with E-state index >= 15 is 0 Å². The lowest BCUT2D eigenvalue weighted by Crippen LogP contribution is -2.46. The van der Waals surface area contributed by atoms with Crippen LogP contribution in [0.25, 0.3) is 0 Å². The van der Waals surface area contributed by atoms with Crippen LogP contribution in [-0.4, -0.2) is 41.4 Å². The van der Waals surface area contributed by atoms with Gasteiger partial charge in [-0.25, -0.2) is 4.79 Å². The van der Waals surface area contributed by atoms with Crippen molar-refractivity contribution in [3.8, 4) is 0 Å². The van der Waals surface area contributed by atoms with Crippen molar-refractivity contribution in [3.05, 3.63) is 29.8 Å². The predicted octanol–water partition coefficient (Wildman–Crippen LogP) is 1.10. The maximum atomic E-state index is 12.7. The van der Waals surface area contributed by atoms with E-state index in [0.29, 0.717) is 12.2 Å². The molecule has 2 aliphatic heterocycles. The molecule has 0 saturated carbocycles. The van der Waals surface area contributed by atoms with Crippen molar-refractivity contribution in [3.63, 3.8) is 0 Å². The summed E-state index contributed by atoms with van der Waals surface area (Å²) in [5, 5.41) is 0. The molecule has 0 bridgehead atoms. The van der Waals surface area contributed by atoms with Gasteiger partial charge in [-0.2, -0.15) is 0 Å². The van der Waals surface area contributed by atoms with Gasteiger partial charge in [-0.1, -0.05) is 26.0 Å². The van der Waals surface area contributed by atoms with E-state index in [2.05, 4.69) is 0 Å². The number of primary amides is 2. The summed E-state index contributed by atoms with van der Waals surface area (Å²) < 4.78 is 0. The highest BCUT2D eigenvalue weighted by Gasteiger charge is 2.51. The molecular weight excluding hydrogens is 320 g/mol.